The lowest BCUT2D eigenvalue weighted by Crippen LogP contribution is -2.30. The molecule has 0 aliphatic carbocycles. The maximum Gasteiger partial charge on any atom is 0.306 e. The van der Waals surface area contributed by atoms with Gasteiger partial charge in [0.1, 0.15) is 13.2 Å². The Balaban J connectivity index is 4.42. The van der Waals surface area contributed by atoms with Crippen molar-refractivity contribution in [3.8, 4) is 0 Å². The Kier molecular flexibility index (Phi) is 54.4. The molecule has 0 saturated heterocycles. The Morgan fingerprint density at radius 2 is 0.557 bits per heavy atom. The highest BCUT2D eigenvalue weighted by Gasteiger charge is 2.19. The average molecular weight is 972 g/mol. The van der Waals surface area contributed by atoms with Crippen LogP contribution in [0.1, 0.15) is 258 Å². The standard InChI is InChI=1S/C64H106O6/c1-4-7-10-13-16-19-22-25-27-28-29-30-31-32-33-34-35-36-38-39-42-45-48-51-54-57-63(66)69-60-61(59-68-62(65)56-53-50-47-44-41-24-21-18-15-12-9-6-3)70-64(67)58-55-52-49-46-43-40-37-26-23-20-17-14-11-8-5-2/h7,10,16-17,19-20,25-27,29-30,32-33,35-37,39,42,61H,4-6,8-9,11-15,18,21-24,28,31,34,38,40-41,43-60H2,1-3H3/b10-7-,19-16-,20-17-,27-25-,30-29-,33-32-,36-35-,37-26-,42-39-. The summed E-state index contributed by atoms with van der Waals surface area (Å²) >= 11 is 0. The third-order valence-electron chi connectivity index (χ3n) is 12.0. The van der Waals surface area contributed by atoms with Crippen molar-refractivity contribution in [1.29, 1.82) is 0 Å². The number of hydrogen-bond donors (Lipinski definition) is 0. The van der Waals surface area contributed by atoms with E-state index in [0.29, 0.717) is 19.3 Å². The molecule has 0 rings (SSSR count). The molecule has 1 atom stereocenters. The number of hydrogen-bond acceptors (Lipinski definition) is 6. The van der Waals surface area contributed by atoms with Crippen molar-refractivity contribution in [3.05, 3.63) is 109 Å². The Bertz CT molecular complexity index is 1440. The molecule has 6 nitrogen and oxygen atoms in total. The molecule has 0 radical (unpaired) electrons. The number of carbonyl (C=O) groups excluding carboxylic acids is 3. The van der Waals surface area contributed by atoms with E-state index in [4.69, 9.17) is 14.2 Å². The monoisotopic (exact) mass is 971 g/mol. The number of carbonyl (C=O) groups is 3. The first-order chi connectivity index (χ1) is 34.5. The molecule has 0 spiro atoms. The largest absolute Gasteiger partial charge is 0.462 e. The zero-order valence-electron chi connectivity index (χ0n) is 45.5. The smallest absolute Gasteiger partial charge is 0.306 e. The summed E-state index contributed by atoms with van der Waals surface area (Å²) in [6.45, 7) is 6.46. The van der Waals surface area contributed by atoms with Crippen molar-refractivity contribution < 1.29 is 28.6 Å². The average Bonchev–Trinajstić information content (AvgIpc) is 3.36. The summed E-state index contributed by atoms with van der Waals surface area (Å²) in [6.07, 6.45) is 77.9. The second-order valence-corrected chi connectivity index (χ2v) is 18.8. The molecule has 0 aromatic carbocycles. The van der Waals surface area contributed by atoms with Gasteiger partial charge in [0.05, 0.1) is 0 Å². The third-order valence-corrected chi connectivity index (χ3v) is 12.0. The Hall–Kier alpha value is -3.93. The first-order valence-corrected chi connectivity index (χ1v) is 28.9. The summed E-state index contributed by atoms with van der Waals surface area (Å²) in [5.74, 6) is -0.942. The van der Waals surface area contributed by atoms with Crippen molar-refractivity contribution >= 4 is 17.9 Å². The van der Waals surface area contributed by atoms with Crippen LogP contribution in [-0.4, -0.2) is 37.2 Å². The fourth-order valence-corrected chi connectivity index (χ4v) is 7.69. The zero-order chi connectivity index (χ0) is 50.7. The molecule has 0 saturated carbocycles. The fourth-order valence-electron chi connectivity index (χ4n) is 7.69. The summed E-state index contributed by atoms with van der Waals surface area (Å²) in [4.78, 5) is 38.1. The molecular formula is C64H106O6. The molecular weight excluding hydrogens is 865 g/mol. The van der Waals surface area contributed by atoms with Gasteiger partial charge >= 0.3 is 17.9 Å². The van der Waals surface area contributed by atoms with Crippen LogP contribution in [0.4, 0.5) is 0 Å². The highest BCUT2D eigenvalue weighted by Crippen LogP contribution is 2.14. The van der Waals surface area contributed by atoms with E-state index < -0.39 is 6.10 Å². The van der Waals surface area contributed by atoms with Gasteiger partial charge in [-0.15, -0.1) is 0 Å². The van der Waals surface area contributed by atoms with E-state index in [1.807, 2.05) is 0 Å². The van der Waals surface area contributed by atoms with Gasteiger partial charge in [0, 0.05) is 19.3 Å². The minimum absolute atomic E-state index is 0.0941. The van der Waals surface area contributed by atoms with Gasteiger partial charge in [-0.3, -0.25) is 14.4 Å². The summed E-state index contributed by atoms with van der Waals surface area (Å²) in [5.41, 5.74) is 0. The molecule has 398 valence electrons. The van der Waals surface area contributed by atoms with Crippen molar-refractivity contribution in [2.24, 2.45) is 0 Å². The normalized spacial score (nSPS) is 12.9. The summed E-state index contributed by atoms with van der Waals surface area (Å²) in [7, 11) is 0. The molecule has 1 unspecified atom stereocenters. The molecule has 0 aliphatic rings. The van der Waals surface area contributed by atoms with Gasteiger partial charge in [0.2, 0.25) is 0 Å². The van der Waals surface area contributed by atoms with Crippen LogP contribution in [0.5, 0.6) is 0 Å². The molecule has 6 heteroatoms. The molecule has 0 heterocycles. The third kappa shape index (κ3) is 55.0. The number of rotatable bonds is 51. The van der Waals surface area contributed by atoms with Crippen LogP contribution in [0.3, 0.4) is 0 Å². The second kappa shape index (κ2) is 57.6. The van der Waals surface area contributed by atoms with Gasteiger partial charge < -0.3 is 14.2 Å². The van der Waals surface area contributed by atoms with Crippen LogP contribution in [0.25, 0.3) is 0 Å². The van der Waals surface area contributed by atoms with E-state index in [2.05, 4.69) is 130 Å². The first kappa shape index (κ1) is 66.1. The molecule has 0 fully saturated rings. The molecule has 0 N–H and O–H groups in total. The van der Waals surface area contributed by atoms with Gasteiger partial charge in [0.25, 0.3) is 0 Å². The maximum absolute atomic E-state index is 12.8. The number of ether oxygens (including phenoxy) is 3. The fraction of sp³-hybridized carbons (Fsp3) is 0.672. The minimum Gasteiger partial charge on any atom is -0.462 e. The van der Waals surface area contributed by atoms with Crippen LogP contribution in [-0.2, 0) is 28.6 Å². The van der Waals surface area contributed by atoms with Crippen molar-refractivity contribution in [1.82, 2.24) is 0 Å². The predicted octanol–water partition coefficient (Wildman–Crippen LogP) is 19.5. The summed E-state index contributed by atoms with van der Waals surface area (Å²) in [6, 6.07) is 0. The molecule has 0 aromatic rings. The lowest BCUT2D eigenvalue weighted by Gasteiger charge is -2.18. The van der Waals surface area contributed by atoms with Crippen molar-refractivity contribution in [2.45, 2.75) is 264 Å². The van der Waals surface area contributed by atoms with E-state index in [0.717, 1.165) is 135 Å². The van der Waals surface area contributed by atoms with Gasteiger partial charge in [-0.05, 0) is 109 Å². The van der Waals surface area contributed by atoms with E-state index in [9.17, 15) is 14.4 Å². The van der Waals surface area contributed by atoms with E-state index in [1.165, 1.54) is 83.5 Å². The van der Waals surface area contributed by atoms with Crippen LogP contribution >= 0.6 is 0 Å². The highest BCUT2D eigenvalue weighted by atomic mass is 16.6. The van der Waals surface area contributed by atoms with Gasteiger partial charge in [0.15, 0.2) is 6.10 Å². The summed E-state index contributed by atoms with van der Waals surface area (Å²) in [5, 5.41) is 0. The number of unbranched alkanes of at least 4 members (excludes halogenated alkanes) is 22. The topological polar surface area (TPSA) is 78.9 Å². The lowest BCUT2D eigenvalue weighted by atomic mass is 10.0. The zero-order valence-corrected chi connectivity index (χ0v) is 45.5. The van der Waals surface area contributed by atoms with E-state index in [1.54, 1.807) is 0 Å². The van der Waals surface area contributed by atoms with Crippen molar-refractivity contribution in [2.75, 3.05) is 13.2 Å². The molecule has 0 bridgehead atoms. The lowest BCUT2D eigenvalue weighted by molar-refractivity contribution is -0.167. The number of esters is 3. The molecule has 0 aliphatic heterocycles. The van der Waals surface area contributed by atoms with Gasteiger partial charge in [-0.1, -0.05) is 239 Å². The number of allylic oxidation sites excluding steroid dienone is 18. The van der Waals surface area contributed by atoms with Crippen LogP contribution in [0.2, 0.25) is 0 Å². The second-order valence-electron chi connectivity index (χ2n) is 18.8. The molecule has 0 amide bonds. The van der Waals surface area contributed by atoms with Gasteiger partial charge in [-0.25, -0.2) is 0 Å². The Morgan fingerprint density at radius 1 is 0.300 bits per heavy atom. The van der Waals surface area contributed by atoms with Crippen molar-refractivity contribution in [3.63, 3.8) is 0 Å². The van der Waals surface area contributed by atoms with Crippen LogP contribution in [0, 0.1) is 0 Å². The maximum atomic E-state index is 12.8. The SMILES string of the molecule is CC/C=C\C/C=C\C/C=C\C/C=C\C/C=C\C/C=C\C/C=C\CCCCCC(=O)OCC(COC(=O)CCCCCCCCCCCCCC)OC(=O)CCCCCCC/C=C\C/C=C\CCCCC. The predicted molar refractivity (Wildman–Crippen MR) is 302 cm³/mol. The highest BCUT2D eigenvalue weighted by molar-refractivity contribution is 5.71. The van der Waals surface area contributed by atoms with Crippen LogP contribution < -0.4 is 0 Å². The molecule has 70 heavy (non-hydrogen) atoms. The Morgan fingerprint density at radius 3 is 0.914 bits per heavy atom. The van der Waals surface area contributed by atoms with Crippen LogP contribution in [0.15, 0.2) is 109 Å². The molecule has 0 aromatic heterocycles. The quantitative estimate of drug-likeness (QED) is 0.0262. The minimum atomic E-state index is -0.799. The van der Waals surface area contributed by atoms with Gasteiger partial charge in [-0.2, -0.15) is 0 Å². The summed E-state index contributed by atoms with van der Waals surface area (Å²) < 4.78 is 16.8. The van der Waals surface area contributed by atoms with E-state index >= 15 is 0 Å². The van der Waals surface area contributed by atoms with E-state index in [-0.39, 0.29) is 31.1 Å². The Labute approximate surface area is 431 Å². The first-order valence-electron chi connectivity index (χ1n) is 28.9.